The summed E-state index contributed by atoms with van der Waals surface area (Å²) in [5.74, 6) is -0.366. The molecule has 7 nitrogen and oxygen atoms in total. The summed E-state index contributed by atoms with van der Waals surface area (Å²) >= 11 is 0. The first-order valence-electron chi connectivity index (χ1n) is 9.03. The van der Waals surface area contributed by atoms with Gasteiger partial charge in [-0.1, -0.05) is 32.6 Å². The number of amides is 2. The van der Waals surface area contributed by atoms with E-state index >= 15 is 0 Å². The number of aryl methyl sites for hydroxylation is 1. The second-order valence-electron chi connectivity index (χ2n) is 7.11. The summed E-state index contributed by atoms with van der Waals surface area (Å²) < 4.78 is 1.45. The van der Waals surface area contributed by atoms with Crippen LogP contribution in [0.15, 0.2) is 41.7 Å². The largest absolute Gasteiger partial charge is 0.333 e. The molecule has 1 fully saturated rings. The Morgan fingerprint density at radius 1 is 1.26 bits per heavy atom. The van der Waals surface area contributed by atoms with Crippen molar-refractivity contribution in [1.29, 1.82) is 0 Å². The van der Waals surface area contributed by atoms with Crippen LogP contribution < -0.4 is 5.56 Å². The van der Waals surface area contributed by atoms with E-state index in [9.17, 15) is 14.4 Å². The maximum atomic E-state index is 13.1. The highest BCUT2D eigenvalue weighted by atomic mass is 16.2. The lowest BCUT2D eigenvalue weighted by molar-refractivity contribution is -0.131. The van der Waals surface area contributed by atoms with Gasteiger partial charge in [0.25, 0.3) is 11.5 Å². The minimum absolute atomic E-state index is 0.0813. The summed E-state index contributed by atoms with van der Waals surface area (Å²) in [4.78, 5) is 45.5. The van der Waals surface area contributed by atoms with Gasteiger partial charge in [-0.2, -0.15) is 0 Å². The molecule has 1 aliphatic heterocycles. The molecule has 142 valence electrons. The summed E-state index contributed by atoms with van der Waals surface area (Å²) in [6.07, 6.45) is 1.30. The lowest BCUT2D eigenvalue weighted by Crippen LogP contribution is -2.58. The number of aromatic nitrogens is 2. The van der Waals surface area contributed by atoms with Gasteiger partial charge in [0.2, 0.25) is 5.91 Å². The molecular formula is C20H24N4O3. The fourth-order valence-corrected chi connectivity index (χ4v) is 3.52. The Morgan fingerprint density at radius 3 is 2.63 bits per heavy atom. The molecule has 0 radical (unpaired) electrons. The highest BCUT2D eigenvalue weighted by Gasteiger charge is 2.34. The molecule has 1 aliphatic rings. The van der Waals surface area contributed by atoms with E-state index in [1.165, 1.54) is 10.6 Å². The monoisotopic (exact) mass is 368 g/mol. The van der Waals surface area contributed by atoms with Crippen LogP contribution in [0, 0.1) is 5.92 Å². The van der Waals surface area contributed by atoms with Crippen LogP contribution in [0.3, 0.4) is 0 Å². The van der Waals surface area contributed by atoms with E-state index in [1.807, 2.05) is 26.0 Å². The zero-order chi connectivity index (χ0) is 19.7. The Balaban J connectivity index is 1.94. The van der Waals surface area contributed by atoms with Crippen LogP contribution in [-0.4, -0.2) is 56.8 Å². The molecular weight excluding hydrogens is 344 g/mol. The molecule has 1 saturated heterocycles. The molecule has 2 heterocycles. The molecule has 0 bridgehead atoms. The molecule has 27 heavy (non-hydrogen) atoms. The van der Waals surface area contributed by atoms with Crippen LogP contribution in [-0.2, 0) is 11.8 Å². The molecule has 0 N–H and O–H groups in total. The van der Waals surface area contributed by atoms with Gasteiger partial charge in [0.15, 0.2) is 5.69 Å². The van der Waals surface area contributed by atoms with E-state index < -0.39 is 11.5 Å². The number of carbonyl (C=O) groups excluding carboxylic acids is 2. The predicted octanol–water partition coefficient (Wildman–Crippen LogP) is 1.43. The summed E-state index contributed by atoms with van der Waals surface area (Å²) in [6, 6.07) is 7.10. The van der Waals surface area contributed by atoms with Crippen LogP contribution >= 0.6 is 0 Å². The predicted molar refractivity (Wildman–Crippen MR) is 103 cm³/mol. The van der Waals surface area contributed by atoms with E-state index in [0.717, 1.165) is 0 Å². The average molecular weight is 368 g/mol. The zero-order valence-electron chi connectivity index (χ0n) is 15.9. The van der Waals surface area contributed by atoms with Crippen molar-refractivity contribution in [2.45, 2.75) is 19.9 Å². The Hall–Kier alpha value is -2.96. The number of hydrogen-bond acceptors (Lipinski definition) is 4. The lowest BCUT2D eigenvalue weighted by atomic mass is 9.99. The van der Waals surface area contributed by atoms with Crippen molar-refractivity contribution < 1.29 is 9.59 Å². The van der Waals surface area contributed by atoms with Crippen LogP contribution in [0.1, 0.15) is 24.3 Å². The van der Waals surface area contributed by atoms with Gasteiger partial charge in [-0.15, -0.1) is 0 Å². The van der Waals surface area contributed by atoms with Crippen molar-refractivity contribution in [3.05, 3.63) is 53.0 Å². The Morgan fingerprint density at radius 2 is 1.96 bits per heavy atom. The van der Waals surface area contributed by atoms with Gasteiger partial charge < -0.3 is 14.4 Å². The Bertz CT molecular complexity index is 963. The summed E-state index contributed by atoms with van der Waals surface area (Å²) in [5, 5.41) is 0. The summed E-state index contributed by atoms with van der Waals surface area (Å²) in [6.45, 7) is 8.71. The van der Waals surface area contributed by atoms with Gasteiger partial charge in [-0.3, -0.25) is 14.4 Å². The van der Waals surface area contributed by atoms with E-state index in [0.29, 0.717) is 30.7 Å². The molecule has 1 aromatic carbocycles. The van der Waals surface area contributed by atoms with Gasteiger partial charge in [0.05, 0.1) is 17.1 Å². The lowest BCUT2D eigenvalue weighted by Gasteiger charge is -2.42. The van der Waals surface area contributed by atoms with Crippen molar-refractivity contribution >= 4 is 22.8 Å². The number of piperazine rings is 1. The van der Waals surface area contributed by atoms with Crippen molar-refractivity contribution in [3.8, 4) is 0 Å². The molecule has 2 amide bonds. The van der Waals surface area contributed by atoms with E-state index in [1.54, 1.807) is 29.0 Å². The summed E-state index contributed by atoms with van der Waals surface area (Å²) in [7, 11) is 1.64. The van der Waals surface area contributed by atoms with Crippen LogP contribution in [0.2, 0.25) is 0 Å². The van der Waals surface area contributed by atoms with E-state index in [2.05, 4.69) is 11.6 Å². The van der Waals surface area contributed by atoms with Crippen molar-refractivity contribution in [2.75, 3.05) is 19.6 Å². The molecule has 1 aromatic heterocycles. The molecule has 1 atom stereocenters. The minimum atomic E-state index is -0.413. The third-order valence-corrected chi connectivity index (χ3v) is 5.12. The third-order valence-electron chi connectivity index (χ3n) is 5.12. The number of fused-ring (bicyclic) bond motifs is 1. The smallest absolute Gasteiger partial charge is 0.282 e. The SMILES string of the molecule is C=CC(=O)N1CCN(C(=O)c2nc3ccccc3n(C)c2=O)C[C@@H]1C(C)C. The van der Waals surface area contributed by atoms with Crippen LogP contribution in [0.5, 0.6) is 0 Å². The van der Waals surface area contributed by atoms with E-state index in [4.69, 9.17) is 0 Å². The maximum Gasteiger partial charge on any atom is 0.282 e. The fourth-order valence-electron chi connectivity index (χ4n) is 3.52. The Kier molecular flexibility index (Phi) is 5.12. The van der Waals surface area contributed by atoms with Gasteiger partial charge in [0.1, 0.15) is 0 Å². The Labute approximate surface area is 157 Å². The molecule has 2 aromatic rings. The van der Waals surface area contributed by atoms with Crippen LogP contribution in [0.4, 0.5) is 0 Å². The average Bonchev–Trinajstić information content (AvgIpc) is 2.69. The second-order valence-corrected chi connectivity index (χ2v) is 7.11. The molecule has 3 rings (SSSR count). The standard InChI is InChI=1S/C20H24N4O3/c1-5-17(25)24-11-10-23(12-16(24)13(2)3)20(27)18-19(26)22(4)15-9-7-6-8-14(15)21-18/h5-9,13,16H,1,10-12H2,2-4H3/t16-/m1/s1. The van der Waals surface area contributed by atoms with Gasteiger partial charge in [0, 0.05) is 26.7 Å². The summed E-state index contributed by atoms with van der Waals surface area (Å²) in [5.41, 5.74) is 0.788. The molecule has 0 spiro atoms. The first-order valence-corrected chi connectivity index (χ1v) is 9.03. The van der Waals surface area contributed by atoms with Crippen molar-refractivity contribution in [3.63, 3.8) is 0 Å². The quantitative estimate of drug-likeness (QED) is 0.768. The van der Waals surface area contributed by atoms with Crippen molar-refractivity contribution in [1.82, 2.24) is 19.4 Å². The molecule has 7 heteroatoms. The van der Waals surface area contributed by atoms with Gasteiger partial charge in [-0.25, -0.2) is 4.98 Å². The first kappa shape index (κ1) is 18.8. The molecule has 0 saturated carbocycles. The highest BCUT2D eigenvalue weighted by Crippen LogP contribution is 2.19. The maximum absolute atomic E-state index is 13.1. The number of benzene rings is 1. The van der Waals surface area contributed by atoms with Gasteiger partial charge >= 0.3 is 0 Å². The number of para-hydroxylation sites is 2. The zero-order valence-corrected chi connectivity index (χ0v) is 15.9. The second kappa shape index (κ2) is 7.34. The number of nitrogens with zero attached hydrogens (tertiary/aromatic N) is 4. The normalized spacial score (nSPS) is 17.4. The number of carbonyl (C=O) groups is 2. The number of rotatable bonds is 3. The fraction of sp³-hybridized carbons (Fsp3) is 0.400. The highest BCUT2D eigenvalue weighted by molar-refractivity contribution is 5.94. The topological polar surface area (TPSA) is 75.5 Å². The first-order chi connectivity index (χ1) is 12.8. The molecule has 0 aliphatic carbocycles. The van der Waals surface area contributed by atoms with Crippen LogP contribution in [0.25, 0.3) is 11.0 Å². The molecule has 0 unspecified atom stereocenters. The minimum Gasteiger partial charge on any atom is -0.333 e. The van der Waals surface area contributed by atoms with E-state index in [-0.39, 0.29) is 23.6 Å². The third kappa shape index (κ3) is 3.37. The van der Waals surface area contributed by atoms with Gasteiger partial charge in [-0.05, 0) is 24.1 Å². The van der Waals surface area contributed by atoms with Crippen molar-refractivity contribution in [2.24, 2.45) is 13.0 Å². The number of hydrogen-bond donors (Lipinski definition) is 0.